The summed E-state index contributed by atoms with van der Waals surface area (Å²) in [6, 6.07) is 10.3. The summed E-state index contributed by atoms with van der Waals surface area (Å²) in [7, 11) is 0. The second-order valence-electron chi connectivity index (χ2n) is 6.57. The lowest BCUT2D eigenvalue weighted by Crippen LogP contribution is -2.22. The second-order valence-corrected chi connectivity index (χ2v) is 6.57. The fraction of sp³-hybridized carbons (Fsp3) is 0.273. The van der Waals surface area contributed by atoms with Crippen LogP contribution in [0, 0.1) is 13.8 Å². The van der Waals surface area contributed by atoms with Crippen LogP contribution in [0.1, 0.15) is 30.5 Å². The second kappa shape index (κ2) is 7.16. The number of nitrogens with zero attached hydrogens (tertiary/aromatic N) is 3. The van der Waals surface area contributed by atoms with Crippen LogP contribution >= 0.6 is 0 Å². The molecule has 4 nitrogen and oxygen atoms in total. The first-order chi connectivity index (χ1) is 12.5. The molecule has 0 radical (unpaired) electrons. The number of pyridine rings is 1. The van der Waals surface area contributed by atoms with Gasteiger partial charge in [0, 0.05) is 41.7 Å². The molecule has 0 amide bonds. The van der Waals surface area contributed by atoms with Gasteiger partial charge in [-0.05, 0) is 51.5 Å². The van der Waals surface area contributed by atoms with Gasteiger partial charge in [-0.2, -0.15) is 0 Å². The standard InChI is InChI=1S/C22H25N3O/c1-6-24(7-2)19-10-8-18(9-11-19)21-17(5)20(13-23-21)25-14-15(3)12-16(4)22(25)26/h8-14H,5-7H2,1-4H3. The first-order valence-electron chi connectivity index (χ1n) is 8.99. The highest BCUT2D eigenvalue weighted by Crippen LogP contribution is 2.26. The molecule has 1 aliphatic rings. The minimum Gasteiger partial charge on any atom is -0.372 e. The van der Waals surface area contributed by atoms with Crippen LogP contribution in [0.5, 0.6) is 0 Å². The molecule has 1 aliphatic heterocycles. The van der Waals surface area contributed by atoms with Crippen LogP contribution in [-0.2, 0) is 0 Å². The summed E-state index contributed by atoms with van der Waals surface area (Å²) >= 11 is 0. The number of aliphatic imine (C=N–C) groups is 1. The smallest absolute Gasteiger partial charge is 0.258 e. The normalized spacial score (nSPS) is 13.6. The van der Waals surface area contributed by atoms with E-state index in [-0.39, 0.29) is 5.56 Å². The fourth-order valence-electron chi connectivity index (χ4n) is 3.35. The number of hydrogen-bond acceptors (Lipinski definition) is 3. The van der Waals surface area contributed by atoms with Crippen molar-refractivity contribution in [1.82, 2.24) is 4.57 Å². The van der Waals surface area contributed by atoms with Crippen molar-refractivity contribution >= 4 is 17.1 Å². The third kappa shape index (κ3) is 3.15. The van der Waals surface area contributed by atoms with Crippen LogP contribution in [0.2, 0.25) is 0 Å². The van der Waals surface area contributed by atoms with Gasteiger partial charge in [-0.3, -0.25) is 14.4 Å². The summed E-state index contributed by atoms with van der Waals surface area (Å²) in [5.41, 5.74) is 6.26. The molecule has 3 rings (SSSR count). The summed E-state index contributed by atoms with van der Waals surface area (Å²) < 4.78 is 1.65. The van der Waals surface area contributed by atoms with Crippen molar-refractivity contribution in [1.29, 1.82) is 0 Å². The molecule has 0 saturated heterocycles. The highest BCUT2D eigenvalue weighted by molar-refractivity contribution is 6.22. The molecule has 2 heterocycles. The van der Waals surface area contributed by atoms with Gasteiger partial charge in [-0.25, -0.2) is 0 Å². The van der Waals surface area contributed by atoms with Crippen LogP contribution in [0.15, 0.2) is 64.7 Å². The Kier molecular flexibility index (Phi) is 4.94. The summed E-state index contributed by atoms with van der Waals surface area (Å²) in [5.74, 6) is 0. The van der Waals surface area contributed by atoms with Gasteiger partial charge in [0.05, 0.1) is 17.6 Å². The van der Waals surface area contributed by atoms with E-state index in [1.54, 1.807) is 10.8 Å². The molecule has 4 heteroatoms. The molecule has 1 aromatic carbocycles. The number of allylic oxidation sites excluding steroid dienone is 2. The zero-order chi connectivity index (χ0) is 18.8. The number of hydrogen-bond donors (Lipinski definition) is 0. The monoisotopic (exact) mass is 347 g/mol. The predicted molar refractivity (Wildman–Crippen MR) is 110 cm³/mol. The van der Waals surface area contributed by atoms with Crippen molar-refractivity contribution in [2.45, 2.75) is 27.7 Å². The Balaban J connectivity index is 1.88. The van der Waals surface area contributed by atoms with Crippen LogP contribution < -0.4 is 10.5 Å². The lowest BCUT2D eigenvalue weighted by molar-refractivity contribution is 0.866. The molecular formula is C22H25N3O. The summed E-state index contributed by atoms with van der Waals surface area (Å²) in [6.45, 7) is 14.3. The van der Waals surface area contributed by atoms with Gasteiger partial charge >= 0.3 is 0 Å². The van der Waals surface area contributed by atoms with Gasteiger partial charge in [0.2, 0.25) is 0 Å². The molecule has 0 atom stereocenters. The lowest BCUT2D eigenvalue weighted by Gasteiger charge is -2.21. The van der Waals surface area contributed by atoms with E-state index < -0.39 is 0 Å². The SMILES string of the molecule is C=C1C(n2cc(C)cc(C)c2=O)=CN=C1c1ccc(N(CC)CC)cc1. The Hall–Kier alpha value is -2.88. The van der Waals surface area contributed by atoms with Gasteiger partial charge in [0.15, 0.2) is 0 Å². The van der Waals surface area contributed by atoms with Gasteiger partial charge < -0.3 is 4.90 Å². The topological polar surface area (TPSA) is 37.6 Å². The largest absolute Gasteiger partial charge is 0.372 e. The van der Waals surface area contributed by atoms with E-state index in [1.165, 1.54) is 5.69 Å². The number of rotatable bonds is 5. The van der Waals surface area contributed by atoms with E-state index >= 15 is 0 Å². The van der Waals surface area contributed by atoms with E-state index in [0.717, 1.165) is 46.8 Å². The van der Waals surface area contributed by atoms with E-state index in [4.69, 9.17) is 0 Å². The molecule has 0 fully saturated rings. The van der Waals surface area contributed by atoms with Gasteiger partial charge in [-0.15, -0.1) is 0 Å². The molecule has 134 valence electrons. The Morgan fingerprint density at radius 1 is 1.12 bits per heavy atom. The summed E-state index contributed by atoms with van der Waals surface area (Å²) in [5, 5.41) is 0. The average molecular weight is 347 g/mol. The Labute approximate surface area is 154 Å². The third-order valence-electron chi connectivity index (χ3n) is 4.77. The molecule has 26 heavy (non-hydrogen) atoms. The van der Waals surface area contributed by atoms with Crippen LogP contribution in [0.25, 0.3) is 5.70 Å². The highest BCUT2D eigenvalue weighted by Gasteiger charge is 2.20. The van der Waals surface area contributed by atoms with E-state index in [0.29, 0.717) is 0 Å². The minimum atomic E-state index is -0.0312. The maximum Gasteiger partial charge on any atom is 0.258 e. The number of aromatic nitrogens is 1. The predicted octanol–water partition coefficient (Wildman–Crippen LogP) is 4.17. The summed E-state index contributed by atoms with van der Waals surface area (Å²) in [6.07, 6.45) is 3.57. The number of aryl methyl sites for hydroxylation is 2. The Morgan fingerprint density at radius 3 is 2.38 bits per heavy atom. The maximum atomic E-state index is 12.5. The van der Waals surface area contributed by atoms with Gasteiger partial charge in [0.1, 0.15) is 0 Å². The van der Waals surface area contributed by atoms with Gasteiger partial charge in [0.25, 0.3) is 5.56 Å². The molecule has 0 bridgehead atoms. The molecule has 0 saturated carbocycles. The fourth-order valence-corrected chi connectivity index (χ4v) is 3.35. The highest BCUT2D eigenvalue weighted by atomic mass is 16.1. The van der Waals surface area contributed by atoms with Crippen LogP contribution in [0.3, 0.4) is 0 Å². The lowest BCUT2D eigenvalue weighted by atomic mass is 10.0. The zero-order valence-corrected chi connectivity index (χ0v) is 15.9. The van der Waals surface area contributed by atoms with Crippen molar-refractivity contribution in [2.75, 3.05) is 18.0 Å². The molecule has 2 aromatic rings. The van der Waals surface area contributed by atoms with Crippen LogP contribution in [0.4, 0.5) is 5.69 Å². The first kappa shape index (κ1) is 17.9. The number of benzene rings is 1. The zero-order valence-electron chi connectivity index (χ0n) is 15.9. The molecule has 0 aliphatic carbocycles. The summed E-state index contributed by atoms with van der Waals surface area (Å²) in [4.78, 5) is 19.3. The van der Waals surface area contributed by atoms with Crippen molar-refractivity contribution in [3.63, 3.8) is 0 Å². The quantitative estimate of drug-likeness (QED) is 0.814. The van der Waals surface area contributed by atoms with E-state index in [9.17, 15) is 4.79 Å². The Morgan fingerprint density at radius 2 is 1.77 bits per heavy atom. The molecule has 0 spiro atoms. The molecule has 0 N–H and O–H groups in total. The number of anilines is 1. The van der Waals surface area contributed by atoms with Crippen molar-refractivity contribution in [2.24, 2.45) is 4.99 Å². The van der Waals surface area contributed by atoms with E-state index in [1.807, 2.05) is 26.1 Å². The average Bonchev–Trinajstić information content (AvgIpc) is 3.01. The minimum absolute atomic E-state index is 0.0312. The molecular weight excluding hydrogens is 322 g/mol. The van der Waals surface area contributed by atoms with Crippen LogP contribution in [-0.4, -0.2) is 23.4 Å². The maximum absolute atomic E-state index is 12.5. The van der Waals surface area contributed by atoms with E-state index in [2.05, 4.69) is 54.6 Å². The Bertz CT molecular complexity index is 958. The van der Waals surface area contributed by atoms with Crippen molar-refractivity contribution in [3.05, 3.63) is 81.9 Å². The van der Waals surface area contributed by atoms with Gasteiger partial charge in [-0.1, -0.05) is 18.7 Å². The molecule has 1 aromatic heterocycles. The van der Waals surface area contributed by atoms with Crippen molar-refractivity contribution < 1.29 is 0 Å². The molecule has 0 unspecified atom stereocenters. The third-order valence-corrected chi connectivity index (χ3v) is 4.77. The van der Waals surface area contributed by atoms with Crippen molar-refractivity contribution in [3.8, 4) is 0 Å². The first-order valence-corrected chi connectivity index (χ1v) is 8.99.